The molecule has 4 nitrogen and oxygen atoms in total. The third kappa shape index (κ3) is 3.84. The minimum absolute atomic E-state index is 0.0551. The van der Waals surface area contributed by atoms with Crippen LogP contribution in [0.25, 0.3) is 0 Å². The number of hydrogen-bond acceptors (Lipinski definition) is 3. The SMILES string of the molecule is O=[N+]([O-])c1ccc(Cl)c(CNc2c(Cl)cc(F)cc2Br)c1. The number of nitro benzene ring substituents is 1. The summed E-state index contributed by atoms with van der Waals surface area (Å²) >= 11 is 15.2. The zero-order chi connectivity index (χ0) is 15.6. The third-order valence-corrected chi connectivity index (χ3v) is 3.99. The molecule has 0 radical (unpaired) electrons. The Morgan fingerprint density at radius 2 is 1.95 bits per heavy atom. The van der Waals surface area contributed by atoms with E-state index in [0.717, 1.165) is 0 Å². The molecule has 0 heterocycles. The van der Waals surface area contributed by atoms with Gasteiger partial charge < -0.3 is 5.32 Å². The van der Waals surface area contributed by atoms with Crippen molar-refractivity contribution in [2.45, 2.75) is 6.54 Å². The molecular formula is C13H8BrCl2FN2O2. The first-order valence-electron chi connectivity index (χ1n) is 5.69. The predicted octanol–water partition coefficient (Wildman–Crippen LogP) is 5.42. The Kier molecular flexibility index (Phi) is 5.03. The zero-order valence-electron chi connectivity index (χ0n) is 10.4. The van der Waals surface area contributed by atoms with Gasteiger partial charge >= 0.3 is 0 Å². The maximum atomic E-state index is 13.1. The molecule has 2 aromatic carbocycles. The van der Waals surface area contributed by atoms with Crippen LogP contribution in [-0.2, 0) is 6.54 Å². The van der Waals surface area contributed by atoms with E-state index in [2.05, 4.69) is 21.2 Å². The molecule has 0 atom stereocenters. The molecule has 0 aromatic heterocycles. The molecule has 2 rings (SSSR count). The lowest BCUT2D eigenvalue weighted by atomic mass is 10.2. The summed E-state index contributed by atoms with van der Waals surface area (Å²) < 4.78 is 13.6. The lowest BCUT2D eigenvalue weighted by molar-refractivity contribution is -0.384. The van der Waals surface area contributed by atoms with Crippen molar-refractivity contribution in [1.82, 2.24) is 0 Å². The van der Waals surface area contributed by atoms with Crippen LogP contribution in [0.1, 0.15) is 5.56 Å². The number of nitro groups is 1. The molecule has 0 fully saturated rings. The molecule has 21 heavy (non-hydrogen) atoms. The van der Waals surface area contributed by atoms with Crippen molar-refractivity contribution in [3.63, 3.8) is 0 Å². The van der Waals surface area contributed by atoms with E-state index >= 15 is 0 Å². The van der Waals surface area contributed by atoms with E-state index in [9.17, 15) is 14.5 Å². The molecule has 0 aliphatic heterocycles. The summed E-state index contributed by atoms with van der Waals surface area (Å²) in [5.41, 5.74) is 0.972. The quantitative estimate of drug-likeness (QED) is 0.557. The van der Waals surface area contributed by atoms with Crippen molar-refractivity contribution in [2.75, 3.05) is 5.32 Å². The number of halogens is 4. The fourth-order valence-corrected chi connectivity index (χ4v) is 2.85. The number of non-ortho nitro benzene ring substituents is 1. The maximum Gasteiger partial charge on any atom is 0.269 e. The number of hydrogen-bond donors (Lipinski definition) is 1. The van der Waals surface area contributed by atoms with Crippen LogP contribution < -0.4 is 5.32 Å². The Bertz CT molecular complexity index is 690. The highest BCUT2D eigenvalue weighted by Crippen LogP contribution is 2.32. The van der Waals surface area contributed by atoms with Crippen LogP contribution in [0.2, 0.25) is 10.0 Å². The average molecular weight is 394 g/mol. The molecule has 2 aromatic rings. The lowest BCUT2D eigenvalue weighted by Crippen LogP contribution is -2.02. The monoisotopic (exact) mass is 392 g/mol. The molecule has 0 saturated heterocycles. The molecule has 0 unspecified atom stereocenters. The lowest BCUT2D eigenvalue weighted by Gasteiger charge is -2.11. The van der Waals surface area contributed by atoms with Gasteiger partial charge in [-0.2, -0.15) is 0 Å². The van der Waals surface area contributed by atoms with Gasteiger partial charge in [-0.3, -0.25) is 10.1 Å². The molecule has 0 amide bonds. The number of anilines is 1. The zero-order valence-corrected chi connectivity index (χ0v) is 13.5. The molecule has 1 N–H and O–H groups in total. The molecule has 110 valence electrons. The number of nitrogens with zero attached hydrogens (tertiary/aromatic N) is 1. The van der Waals surface area contributed by atoms with E-state index in [1.54, 1.807) is 0 Å². The average Bonchev–Trinajstić information content (AvgIpc) is 2.39. The molecule has 8 heteroatoms. The van der Waals surface area contributed by atoms with Gasteiger partial charge in [0.2, 0.25) is 0 Å². The second-order valence-corrected chi connectivity index (χ2v) is 5.80. The summed E-state index contributed by atoms with van der Waals surface area (Å²) in [5.74, 6) is -0.467. The van der Waals surface area contributed by atoms with Crippen LogP contribution >= 0.6 is 39.1 Å². The number of rotatable bonds is 4. The fraction of sp³-hybridized carbons (Fsp3) is 0.0769. The van der Waals surface area contributed by atoms with Crippen LogP contribution in [0.3, 0.4) is 0 Å². The van der Waals surface area contributed by atoms with Crippen LogP contribution in [0.15, 0.2) is 34.8 Å². The second-order valence-electron chi connectivity index (χ2n) is 4.13. The standard InChI is InChI=1S/C13H8BrCl2FN2O2/c14-10-4-8(17)5-12(16)13(10)18-6-7-3-9(19(20)21)1-2-11(7)15/h1-5,18H,6H2. The second kappa shape index (κ2) is 6.60. The summed E-state index contributed by atoms with van der Waals surface area (Å²) in [6.07, 6.45) is 0. The first kappa shape index (κ1) is 16.0. The van der Waals surface area contributed by atoms with Gasteiger partial charge in [-0.25, -0.2) is 4.39 Å². The van der Waals surface area contributed by atoms with Crippen LogP contribution in [-0.4, -0.2) is 4.92 Å². The van der Waals surface area contributed by atoms with E-state index in [0.29, 0.717) is 20.7 Å². The highest BCUT2D eigenvalue weighted by Gasteiger charge is 2.12. The Labute approximate surface area is 138 Å². The first-order chi connectivity index (χ1) is 9.88. The largest absolute Gasteiger partial charge is 0.379 e. The fourth-order valence-electron chi connectivity index (χ4n) is 1.70. The summed E-state index contributed by atoms with van der Waals surface area (Å²) in [6.45, 7) is 0.213. The van der Waals surface area contributed by atoms with Crippen molar-refractivity contribution >= 4 is 50.5 Å². The summed E-state index contributed by atoms with van der Waals surface area (Å²) in [4.78, 5) is 10.3. The summed E-state index contributed by atoms with van der Waals surface area (Å²) in [5, 5.41) is 14.3. The molecule has 0 aliphatic rings. The predicted molar refractivity (Wildman–Crippen MR) is 84.5 cm³/mol. The minimum atomic E-state index is -0.499. The first-order valence-corrected chi connectivity index (χ1v) is 7.24. The topological polar surface area (TPSA) is 55.2 Å². The van der Waals surface area contributed by atoms with Crippen molar-refractivity contribution in [3.05, 3.63) is 66.3 Å². The van der Waals surface area contributed by atoms with Crippen molar-refractivity contribution in [2.24, 2.45) is 0 Å². The van der Waals surface area contributed by atoms with E-state index in [1.807, 2.05) is 0 Å². The Morgan fingerprint density at radius 3 is 2.57 bits per heavy atom. The molecule has 0 saturated carbocycles. The van der Waals surface area contributed by atoms with Gasteiger partial charge in [-0.05, 0) is 39.7 Å². The molecular weight excluding hydrogens is 386 g/mol. The van der Waals surface area contributed by atoms with Gasteiger partial charge in [0.1, 0.15) is 5.82 Å². The van der Waals surface area contributed by atoms with Crippen molar-refractivity contribution < 1.29 is 9.31 Å². The molecule has 0 aliphatic carbocycles. The highest BCUT2D eigenvalue weighted by atomic mass is 79.9. The van der Waals surface area contributed by atoms with Gasteiger partial charge in [-0.1, -0.05) is 23.2 Å². The Morgan fingerprint density at radius 1 is 1.24 bits per heavy atom. The minimum Gasteiger partial charge on any atom is -0.379 e. The summed E-state index contributed by atoms with van der Waals surface area (Å²) in [6, 6.07) is 6.60. The maximum absolute atomic E-state index is 13.1. The van der Waals surface area contributed by atoms with Crippen LogP contribution in [0.5, 0.6) is 0 Å². The van der Waals surface area contributed by atoms with Crippen molar-refractivity contribution in [1.29, 1.82) is 0 Å². The number of nitrogens with one attached hydrogen (secondary N) is 1. The third-order valence-electron chi connectivity index (χ3n) is 2.70. The number of benzene rings is 2. The van der Waals surface area contributed by atoms with Gasteiger partial charge in [-0.15, -0.1) is 0 Å². The summed E-state index contributed by atoms with van der Waals surface area (Å²) in [7, 11) is 0. The Hall–Kier alpha value is -1.37. The van der Waals surface area contributed by atoms with Crippen LogP contribution in [0.4, 0.5) is 15.8 Å². The van der Waals surface area contributed by atoms with Gasteiger partial charge in [0, 0.05) is 28.2 Å². The van der Waals surface area contributed by atoms with E-state index in [1.165, 1.54) is 30.3 Å². The normalized spacial score (nSPS) is 10.5. The highest BCUT2D eigenvalue weighted by molar-refractivity contribution is 9.10. The smallest absolute Gasteiger partial charge is 0.269 e. The van der Waals surface area contributed by atoms with Gasteiger partial charge in [0.05, 0.1) is 15.6 Å². The van der Waals surface area contributed by atoms with Gasteiger partial charge in [0.15, 0.2) is 0 Å². The van der Waals surface area contributed by atoms with E-state index < -0.39 is 10.7 Å². The Balaban J connectivity index is 2.24. The van der Waals surface area contributed by atoms with Crippen molar-refractivity contribution in [3.8, 4) is 0 Å². The van der Waals surface area contributed by atoms with Crippen LogP contribution in [0, 0.1) is 15.9 Å². The van der Waals surface area contributed by atoms with Gasteiger partial charge in [0.25, 0.3) is 5.69 Å². The molecule has 0 bridgehead atoms. The van der Waals surface area contributed by atoms with E-state index in [-0.39, 0.29) is 17.3 Å². The molecule has 0 spiro atoms. The van der Waals surface area contributed by atoms with E-state index in [4.69, 9.17) is 23.2 Å².